The minimum atomic E-state index is -5.03. The van der Waals surface area contributed by atoms with Crippen LogP contribution < -0.4 is 5.56 Å². The molecule has 0 aliphatic heterocycles. The van der Waals surface area contributed by atoms with E-state index in [1.807, 2.05) is 0 Å². The molecule has 2 aromatic rings. The maximum atomic E-state index is 13.8. The maximum absolute atomic E-state index is 13.8. The van der Waals surface area contributed by atoms with Gasteiger partial charge in [0.1, 0.15) is 0 Å². The van der Waals surface area contributed by atoms with E-state index in [1.54, 1.807) is 0 Å². The monoisotopic (exact) mass is 580 g/mol. The first-order chi connectivity index (χ1) is 18.4. The van der Waals surface area contributed by atoms with E-state index in [0.29, 0.717) is 4.57 Å². The zero-order chi connectivity index (χ0) is 29.2. The average molecular weight is 581 g/mol. The van der Waals surface area contributed by atoms with Crippen molar-refractivity contribution in [2.75, 3.05) is 60.3 Å². The molecule has 2 N–H and O–H groups in total. The Morgan fingerprint density at radius 3 is 2.10 bits per heavy atom. The molecule has 1 heterocycles. The fourth-order valence-corrected chi connectivity index (χ4v) is 4.88. The molecular weight excluding hydrogens is 549 g/mol. The van der Waals surface area contributed by atoms with Gasteiger partial charge in [-0.1, -0.05) is 0 Å². The Hall–Kier alpha value is -2.89. The summed E-state index contributed by atoms with van der Waals surface area (Å²) in [6.07, 6.45) is -5.03. The molecule has 0 aliphatic rings. The van der Waals surface area contributed by atoms with Crippen LogP contribution in [0.5, 0.6) is 5.88 Å². The number of aromatic hydroxyl groups is 1. The summed E-state index contributed by atoms with van der Waals surface area (Å²) in [4.78, 5) is 12.8. The second kappa shape index (κ2) is 14.5. The van der Waals surface area contributed by atoms with Crippen LogP contribution in [-0.2, 0) is 37.0 Å². The minimum absolute atomic E-state index is 0.0228. The van der Waals surface area contributed by atoms with Gasteiger partial charge >= 0.3 is 6.18 Å². The second-order valence-electron chi connectivity index (χ2n) is 8.05. The van der Waals surface area contributed by atoms with E-state index in [9.17, 15) is 31.5 Å². The fourth-order valence-electron chi connectivity index (χ4n) is 3.47. The number of hydrogen-bond donors (Lipinski definition) is 2. The number of aliphatic hydroxyl groups excluding tert-OH is 1. The van der Waals surface area contributed by atoms with E-state index in [4.69, 9.17) is 19.3 Å². The molecule has 16 heteroatoms. The second-order valence-corrected chi connectivity index (χ2v) is 9.98. The fraction of sp³-hybridized carbons (Fsp3) is 0.522. The molecule has 0 bridgehead atoms. The van der Waals surface area contributed by atoms with Crippen LogP contribution in [0.3, 0.4) is 0 Å². The first kappa shape index (κ1) is 32.3. The van der Waals surface area contributed by atoms with Crippen molar-refractivity contribution in [1.29, 1.82) is 0 Å². The first-order valence-corrected chi connectivity index (χ1v) is 13.1. The van der Waals surface area contributed by atoms with Gasteiger partial charge in [0.15, 0.2) is 11.6 Å². The average Bonchev–Trinajstić information content (AvgIpc) is 2.89. The molecule has 0 saturated carbocycles. The summed E-state index contributed by atoms with van der Waals surface area (Å²) in [5, 5.41) is 26.3. The van der Waals surface area contributed by atoms with Crippen molar-refractivity contribution in [3.63, 3.8) is 0 Å². The Kier molecular flexibility index (Phi) is 12.0. The maximum Gasteiger partial charge on any atom is 0.419 e. The number of aromatic nitrogens is 1. The summed E-state index contributed by atoms with van der Waals surface area (Å²) >= 11 is 0. The molecule has 0 spiro atoms. The molecule has 0 amide bonds. The minimum Gasteiger partial charge on any atom is -0.494 e. The van der Waals surface area contributed by atoms with Crippen molar-refractivity contribution in [2.24, 2.45) is 10.2 Å². The number of pyridine rings is 1. The van der Waals surface area contributed by atoms with Gasteiger partial charge in [-0.25, -0.2) is 8.42 Å². The van der Waals surface area contributed by atoms with Crippen LogP contribution in [0.15, 0.2) is 44.2 Å². The van der Waals surface area contributed by atoms with Gasteiger partial charge in [0.05, 0.1) is 55.7 Å². The zero-order valence-corrected chi connectivity index (χ0v) is 22.5. The molecule has 0 radical (unpaired) electrons. The summed E-state index contributed by atoms with van der Waals surface area (Å²) in [6, 6.07) is 4.87. The highest BCUT2D eigenvalue weighted by molar-refractivity contribution is 7.89. The van der Waals surface area contributed by atoms with E-state index < -0.39 is 44.5 Å². The molecule has 0 saturated heterocycles. The summed E-state index contributed by atoms with van der Waals surface area (Å²) in [5.41, 5.74) is -4.42. The molecule has 218 valence electrons. The number of sulfonamides is 1. The lowest BCUT2D eigenvalue weighted by Gasteiger charge is -2.21. The Balaban J connectivity index is 2.45. The molecule has 2 rings (SSSR count). The predicted octanol–water partition coefficient (Wildman–Crippen LogP) is 2.59. The number of hydrogen-bond acceptors (Lipinski definition) is 10. The molecule has 1 aromatic carbocycles. The SMILES string of the molecule is COCCN(CCOC)S(=O)(=O)c1ccc(N=Nc2c(C(F)(F)F)c(C)c(O)n(CCOCCO)c2=O)cc1. The highest BCUT2D eigenvalue weighted by Crippen LogP contribution is 2.40. The number of methoxy groups -OCH3 is 2. The van der Waals surface area contributed by atoms with Gasteiger partial charge in [0, 0.05) is 32.9 Å². The van der Waals surface area contributed by atoms with E-state index in [0.717, 1.165) is 11.2 Å². The topological polar surface area (TPSA) is 152 Å². The van der Waals surface area contributed by atoms with Crippen LogP contribution in [0.2, 0.25) is 0 Å². The zero-order valence-electron chi connectivity index (χ0n) is 21.6. The van der Waals surface area contributed by atoms with Crippen molar-refractivity contribution < 1.29 is 46.0 Å². The van der Waals surface area contributed by atoms with Crippen molar-refractivity contribution in [3.8, 4) is 5.88 Å². The first-order valence-electron chi connectivity index (χ1n) is 11.6. The quantitative estimate of drug-likeness (QED) is 0.241. The lowest BCUT2D eigenvalue weighted by Crippen LogP contribution is -2.36. The number of ether oxygens (including phenoxy) is 3. The standard InChI is InChI=1S/C23H31F3N4O8S/c1-16-19(23(24,25)26)20(22(33)30(21(16)32)10-14-38-15-11-31)28-27-17-4-6-18(7-5-17)39(34,35)29(8-12-36-2)9-13-37-3/h4-7,31-32H,8-15H2,1-3H3. The van der Waals surface area contributed by atoms with Crippen LogP contribution in [0.1, 0.15) is 11.1 Å². The van der Waals surface area contributed by atoms with Crippen molar-refractivity contribution in [3.05, 3.63) is 45.7 Å². The molecule has 1 aromatic heterocycles. The summed E-state index contributed by atoms with van der Waals surface area (Å²) in [5.74, 6) is -0.903. The van der Waals surface area contributed by atoms with Crippen molar-refractivity contribution >= 4 is 21.4 Å². The number of benzene rings is 1. The van der Waals surface area contributed by atoms with E-state index in [-0.39, 0.29) is 63.3 Å². The van der Waals surface area contributed by atoms with Gasteiger partial charge in [-0.2, -0.15) is 22.6 Å². The number of aliphatic hydroxyl groups is 1. The van der Waals surface area contributed by atoms with Gasteiger partial charge < -0.3 is 24.4 Å². The number of rotatable bonds is 15. The van der Waals surface area contributed by atoms with Crippen molar-refractivity contribution in [2.45, 2.75) is 24.5 Å². The van der Waals surface area contributed by atoms with E-state index in [2.05, 4.69) is 10.2 Å². The Labute approximate surface area is 223 Å². The van der Waals surface area contributed by atoms with Crippen LogP contribution >= 0.6 is 0 Å². The van der Waals surface area contributed by atoms with Gasteiger partial charge in [-0.05, 0) is 31.2 Å². The summed E-state index contributed by atoms with van der Waals surface area (Å²) in [6.45, 7) is 0.581. The smallest absolute Gasteiger partial charge is 0.419 e. The normalized spacial score (nSPS) is 12.6. The molecule has 39 heavy (non-hydrogen) atoms. The third-order valence-corrected chi connectivity index (χ3v) is 7.37. The van der Waals surface area contributed by atoms with Crippen LogP contribution in [-0.4, -0.2) is 87.8 Å². The van der Waals surface area contributed by atoms with Gasteiger partial charge in [0.25, 0.3) is 5.56 Å². The Morgan fingerprint density at radius 2 is 1.59 bits per heavy atom. The molecule has 0 aliphatic carbocycles. The lowest BCUT2D eigenvalue weighted by molar-refractivity contribution is -0.137. The third-order valence-electron chi connectivity index (χ3n) is 5.46. The molecular formula is C23H31F3N4O8S. The van der Waals surface area contributed by atoms with Crippen LogP contribution in [0.4, 0.5) is 24.5 Å². The summed E-state index contributed by atoms with van der Waals surface area (Å²) < 4.78 is 84.3. The highest BCUT2D eigenvalue weighted by Gasteiger charge is 2.39. The predicted molar refractivity (Wildman–Crippen MR) is 133 cm³/mol. The van der Waals surface area contributed by atoms with Crippen LogP contribution in [0, 0.1) is 6.92 Å². The number of halogens is 3. The largest absolute Gasteiger partial charge is 0.494 e. The number of alkyl halides is 3. The van der Waals surface area contributed by atoms with Crippen LogP contribution in [0.25, 0.3) is 0 Å². The van der Waals surface area contributed by atoms with E-state index >= 15 is 0 Å². The van der Waals surface area contributed by atoms with Gasteiger partial charge in [-0.15, -0.1) is 5.11 Å². The van der Waals surface area contributed by atoms with Crippen molar-refractivity contribution in [1.82, 2.24) is 8.87 Å². The summed E-state index contributed by atoms with van der Waals surface area (Å²) in [7, 11) is -1.09. The lowest BCUT2D eigenvalue weighted by atomic mass is 10.1. The molecule has 0 fully saturated rings. The molecule has 12 nitrogen and oxygen atoms in total. The Morgan fingerprint density at radius 1 is 1.00 bits per heavy atom. The number of azo groups is 1. The highest BCUT2D eigenvalue weighted by atomic mass is 32.2. The molecule has 0 atom stereocenters. The Bertz CT molecular complexity index is 1270. The third kappa shape index (κ3) is 8.30. The van der Waals surface area contributed by atoms with Gasteiger partial charge in [0.2, 0.25) is 10.0 Å². The molecule has 0 unspecified atom stereocenters. The van der Waals surface area contributed by atoms with Gasteiger partial charge in [-0.3, -0.25) is 9.36 Å². The number of nitrogens with zero attached hydrogens (tertiary/aromatic N) is 4. The van der Waals surface area contributed by atoms with E-state index in [1.165, 1.54) is 38.5 Å².